The minimum atomic E-state index is -0.596. The zero-order valence-corrected chi connectivity index (χ0v) is 14.9. The summed E-state index contributed by atoms with van der Waals surface area (Å²) in [6.45, 7) is 0. The fourth-order valence-corrected chi connectivity index (χ4v) is 5.16. The van der Waals surface area contributed by atoms with E-state index in [0.29, 0.717) is 22.3 Å². The third-order valence-electron chi connectivity index (χ3n) is 3.92. The van der Waals surface area contributed by atoms with E-state index in [4.69, 9.17) is 0 Å². The van der Waals surface area contributed by atoms with Crippen LogP contribution < -0.4 is 21.2 Å². The van der Waals surface area contributed by atoms with Crippen molar-refractivity contribution < 1.29 is 49.9 Å². The first kappa shape index (κ1) is 15.9. The monoisotopic (exact) mass is 449 g/mol. The number of ether oxygens (including phenoxy) is 2. The summed E-state index contributed by atoms with van der Waals surface area (Å²) in [7, 11) is 0. The Morgan fingerprint density at radius 1 is 0.600 bits per heavy atom. The Morgan fingerprint density at radius 3 is 1.44 bits per heavy atom. The fourth-order valence-electron chi connectivity index (χ4n) is 2.70. The summed E-state index contributed by atoms with van der Waals surface area (Å²) in [6.07, 6.45) is 0. The van der Waals surface area contributed by atoms with Crippen LogP contribution in [0.15, 0.2) is 36.4 Å². The van der Waals surface area contributed by atoms with E-state index >= 15 is 0 Å². The number of cyclic esters (lactones) is 4. The molecule has 0 amide bonds. The maximum atomic E-state index is 11.6. The number of rotatable bonds is 4. The molecule has 4 rings (SSSR count). The van der Waals surface area contributed by atoms with Gasteiger partial charge in [0.2, 0.25) is 0 Å². The molecule has 0 atom stereocenters. The molecule has 2 aromatic rings. The van der Waals surface area contributed by atoms with Crippen molar-refractivity contribution in [3.05, 3.63) is 69.8 Å². The van der Waals surface area contributed by atoms with Crippen LogP contribution in [-0.2, 0) is 18.3 Å². The molecule has 0 spiro atoms. The van der Waals surface area contributed by atoms with E-state index in [1.54, 1.807) is 24.3 Å². The second kappa shape index (κ2) is 6.07. The molecule has 0 aliphatic carbocycles. The van der Waals surface area contributed by atoms with Gasteiger partial charge in [-0.05, 0) is 0 Å². The molecule has 25 heavy (non-hydrogen) atoms. The van der Waals surface area contributed by atoms with Gasteiger partial charge in [0.15, 0.2) is 0 Å². The van der Waals surface area contributed by atoms with Gasteiger partial charge in [0.05, 0.1) is 0 Å². The molecule has 2 heterocycles. The van der Waals surface area contributed by atoms with Gasteiger partial charge in [-0.1, -0.05) is 0 Å². The SMILES string of the molecule is O=C1OC(=O)c2cc(C[I-]Cc3ccc4c(c3)C(=O)OC4=O)ccc21. The zero-order valence-electron chi connectivity index (χ0n) is 12.7. The van der Waals surface area contributed by atoms with Gasteiger partial charge >= 0.3 is 152 Å². The van der Waals surface area contributed by atoms with Crippen LogP contribution in [0.2, 0.25) is 0 Å². The van der Waals surface area contributed by atoms with E-state index in [9.17, 15) is 19.2 Å². The summed E-state index contributed by atoms with van der Waals surface area (Å²) < 4.78 is 10.8. The number of fused-ring (bicyclic) bond motifs is 2. The predicted molar refractivity (Wildman–Crippen MR) is 79.8 cm³/mol. The second-order valence-electron chi connectivity index (χ2n) is 5.57. The van der Waals surface area contributed by atoms with Gasteiger partial charge in [0, 0.05) is 0 Å². The molecular formula is C18H10IO6-. The molecule has 0 N–H and O–H groups in total. The Hall–Kier alpha value is -2.55. The average Bonchev–Trinajstić information content (AvgIpc) is 3.04. The fraction of sp³-hybridized carbons (Fsp3) is 0.111. The van der Waals surface area contributed by atoms with E-state index < -0.39 is 23.9 Å². The number of hydrogen-bond donors (Lipinski definition) is 0. The molecule has 7 heteroatoms. The minimum absolute atomic E-state index is 0.273. The van der Waals surface area contributed by atoms with Crippen LogP contribution in [0, 0.1) is 0 Å². The standard InChI is InChI=1S/C18H10IO6/c20-15-11-3-1-9(5-13(11)17(22)24-15)7-19-8-10-2-4-12-14(6-10)18(23)25-16(12)21/h1-6H,7-8H2/q-1. The maximum absolute atomic E-state index is 11.6. The molecular weight excluding hydrogens is 439 g/mol. The summed E-state index contributed by atoms with van der Waals surface area (Å²) in [6, 6.07) is 10.3. The molecule has 6 nitrogen and oxygen atoms in total. The van der Waals surface area contributed by atoms with Crippen LogP contribution in [0.5, 0.6) is 0 Å². The number of hydrogen-bond acceptors (Lipinski definition) is 6. The topological polar surface area (TPSA) is 86.7 Å². The van der Waals surface area contributed by atoms with Gasteiger partial charge in [-0.3, -0.25) is 0 Å². The Labute approximate surface area is 152 Å². The first-order chi connectivity index (χ1) is 12.0. The molecule has 0 saturated heterocycles. The molecule has 0 radical (unpaired) electrons. The number of carbonyl (C=O) groups is 4. The predicted octanol–water partition coefficient (Wildman–Crippen LogP) is -0.903. The average molecular weight is 449 g/mol. The van der Waals surface area contributed by atoms with E-state index in [1.165, 1.54) is 0 Å². The number of benzene rings is 2. The molecule has 0 bridgehead atoms. The molecule has 0 unspecified atom stereocenters. The molecule has 2 aliphatic heterocycles. The number of alkyl halides is 2. The van der Waals surface area contributed by atoms with Crippen LogP contribution in [0.4, 0.5) is 0 Å². The van der Waals surface area contributed by atoms with E-state index in [1.807, 2.05) is 12.1 Å². The Kier molecular flexibility index (Phi) is 3.87. The van der Waals surface area contributed by atoms with Crippen molar-refractivity contribution in [1.29, 1.82) is 0 Å². The van der Waals surface area contributed by atoms with Crippen molar-refractivity contribution in [2.45, 2.75) is 8.86 Å². The third kappa shape index (κ3) is 2.84. The van der Waals surface area contributed by atoms with Crippen molar-refractivity contribution >= 4 is 23.9 Å². The van der Waals surface area contributed by atoms with Crippen molar-refractivity contribution in [1.82, 2.24) is 0 Å². The Morgan fingerprint density at radius 2 is 1.00 bits per heavy atom. The summed E-state index contributed by atoms with van der Waals surface area (Å²) in [5, 5.41) is 0. The summed E-state index contributed by atoms with van der Waals surface area (Å²) >= 11 is -0.273. The van der Waals surface area contributed by atoms with Crippen LogP contribution in [0.3, 0.4) is 0 Å². The summed E-state index contributed by atoms with van der Waals surface area (Å²) in [5.74, 6) is -2.38. The van der Waals surface area contributed by atoms with E-state index in [0.717, 1.165) is 20.0 Å². The normalized spacial score (nSPS) is 15.2. The van der Waals surface area contributed by atoms with E-state index in [-0.39, 0.29) is 21.2 Å². The Balaban J connectivity index is 1.44. The van der Waals surface area contributed by atoms with Gasteiger partial charge < -0.3 is 0 Å². The van der Waals surface area contributed by atoms with E-state index in [2.05, 4.69) is 9.47 Å². The van der Waals surface area contributed by atoms with Crippen molar-refractivity contribution in [2.75, 3.05) is 0 Å². The van der Waals surface area contributed by atoms with Gasteiger partial charge in [-0.2, -0.15) is 0 Å². The molecule has 0 aromatic heterocycles. The molecule has 2 aliphatic rings. The molecule has 2 aromatic carbocycles. The first-order valence-electron chi connectivity index (χ1n) is 7.35. The van der Waals surface area contributed by atoms with Crippen LogP contribution in [0.1, 0.15) is 52.6 Å². The van der Waals surface area contributed by atoms with Crippen molar-refractivity contribution in [2.24, 2.45) is 0 Å². The quantitative estimate of drug-likeness (QED) is 0.260. The Bertz CT molecular complexity index is 885. The van der Waals surface area contributed by atoms with Gasteiger partial charge in [-0.25, -0.2) is 0 Å². The van der Waals surface area contributed by atoms with Crippen LogP contribution >= 0.6 is 0 Å². The van der Waals surface area contributed by atoms with Crippen LogP contribution in [-0.4, -0.2) is 23.9 Å². The zero-order chi connectivity index (χ0) is 17.6. The number of halogens is 1. The number of carbonyl (C=O) groups excluding carboxylic acids is 4. The number of esters is 4. The van der Waals surface area contributed by atoms with Crippen molar-refractivity contribution in [3.63, 3.8) is 0 Å². The van der Waals surface area contributed by atoms with Crippen molar-refractivity contribution in [3.8, 4) is 0 Å². The second-order valence-corrected chi connectivity index (χ2v) is 8.17. The van der Waals surface area contributed by atoms with Crippen LogP contribution in [0.25, 0.3) is 0 Å². The van der Waals surface area contributed by atoms with Gasteiger partial charge in [-0.15, -0.1) is 0 Å². The van der Waals surface area contributed by atoms with Gasteiger partial charge in [0.25, 0.3) is 0 Å². The summed E-state index contributed by atoms with van der Waals surface area (Å²) in [4.78, 5) is 46.0. The van der Waals surface area contributed by atoms with Gasteiger partial charge in [0.1, 0.15) is 0 Å². The summed E-state index contributed by atoms with van der Waals surface area (Å²) in [5.41, 5.74) is 3.24. The molecule has 0 saturated carbocycles. The molecule has 0 fully saturated rings. The molecule has 126 valence electrons. The first-order valence-corrected chi connectivity index (χ1v) is 10.4. The third-order valence-corrected chi connectivity index (χ3v) is 6.76.